The maximum Gasteiger partial charge on any atom is 0.246 e. The number of hydrogen-bond donors (Lipinski definition) is 2. The first-order chi connectivity index (χ1) is 13.6. The summed E-state index contributed by atoms with van der Waals surface area (Å²) in [6.45, 7) is 2.07. The molecule has 0 bridgehead atoms. The standard InChI is InChI=1S/C20H17N5OS2/c1-13-7-9-15(10-8-13)18-23-24-20(27)25(18)11-17(26)22-19-21-16(12-28-19)14-5-3-2-4-6-14/h2-10,12H,11H2,1H3,(H,24,27)(H,21,22,26). The highest BCUT2D eigenvalue weighted by atomic mass is 32.1. The Morgan fingerprint density at radius 2 is 1.89 bits per heavy atom. The second-order valence-electron chi connectivity index (χ2n) is 6.26. The third kappa shape index (κ3) is 3.92. The molecule has 0 saturated carbocycles. The first-order valence-electron chi connectivity index (χ1n) is 8.63. The van der Waals surface area contributed by atoms with Crippen molar-refractivity contribution in [3.05, 3.63) is 70.3 Å². The van der Waals surface area contributed by atoms with Crippen LogP contribution in [-0.2, 0) is 11.3 Å². The summed E-state index contributed by atoms with van der Waals surface area (Å²) in [4.78, 5) is 17.1. The van der Waals surface area contributed by atoms with Crippen LogP contribution in [0.15, 0.2) is 60.0 Å². The van der Waals surface area contributed by atoms with Gasteiger partial charge in [0.2, 0.25) is 5.91 Å². The Kier molecular flexibility index (Phi) is 5.14. The molecule has 4 aromatic rings. The molecule has 0 aliphatic carbocycles. The molecule has 0 aliphatic heterocycles. The van der Waals surface area contributed by atoms with E-state index in [-0.39, 0.29) is 12.5 Å². The Morgan fingerprint density at radius 1 is 1.14 bits per heavy atom. The van der Waals surface area contributed by atoms with Gasteiger partial charge in [-0.2, -0.15) is 5.10 Å². The van der Waals surface area contributed by atoms with Crippen LogP contribution < -0.4 is 5.32 Å². The third-order valence-corrected chi connectivity index (χ3v) is 5.26. The van der Waals surface area contributed by atoms with Crippen molar-refractivity contribution in [3.63, 3.8) is 0 Å². The molecular weight excluding hydrogens is 390 g/mol. The van der Waals surface area contributed by atoms with E-state index in [1.807, 2.05) is 66.9 Å². The first kappa shape index (κ1) is 18.3. The smallest absolute Gasteiger partial charge is 0.246 e. The number of hydrogen-bond acceptors (Lipinski definition) is 5. The van der Waals surface area contributed by atoms with Crippen molar-refractivity contribution in [3.8, 4) is 22.6 Å². The van der Waals surface area contributed by atoms with E-state index in [2.05, 4.69) is 20.5 Å². The Hall–Kier alpha value is -3.10. The molecule has 0 radical (unpaired) electrons. The molecule has 0 atom stereocenters. The molecule has 0 unspecified atom stereocenters. The maximum absolute atomic E-state index is 12.6. The van der Waals surface area contributed by atoms with Gasteiger partial charge < -0.3 is 5.32 Å². The van der Waals surface area contributed by atoms with Gasteiger partial charge in [0.25, 0.3) is 0 Å². The molecule has 2 aromatic heterocycles. The van der Waals surface area contributed by atoms with E-state index in [0.29, 0.717) is 15.7 Å². The lowest BCUT2D eigenvalue weighted by Gasteiger charge is -2.07. The highest BCUT2D eigenvalue weighted by molar-refractivity contribution is 7.71. The van der Waals surface area contributed by atoms with Crippen LogP contribution in [0.3, 0.4) is 0 Å². The zero-order valence-electron chi connectivity index (χ0n) is 15.0. The molecule has 6 nitrogen and oxygen atoms in total. The molecule has 0 fully saturated rings. The van der Waals surface area contributed by atoms with Crippen molar-refractivity contribution in [1.82, 2.24) is 19.7 Å². The molecule has 2 aromatic carbocycles. The zero-order valence-corrected chi connectivity index (χ0v) is 16.7. The topological polar surface area (TPSA) is 75.6 Å². The van der Waals surface area contributed by atoms with Gasteiger partial charge in [0, 0.05) is 16.5 Å². The summed E-state index contributed by atoms with van der Waals surface area (Å²) in [5, 5.41) is 12.4. The summed E-state index contributed by atoms with van der Waals surface area (Å²) in [5.41, 5.74) is 3.89. The Labute approximate surface area is 170 Å². The molecule has 1 amide bonds. The lowest BCUT2D eigenvalue weighted by atomic mass is 10.1. The van der Waals surface area contributed by atoms with Crippen molar-refractivity contribution in [2.45, 2.75) is 13.5 Å². The average molecular weight is 408 g/mol. The van der Waals surface area contributed by atoms with Crippen molar-refractivity contribution in [2.24, 2.45) is 0 Å². The number of thiazole rings is 1. The van der Waals surface area contributed by atoms with Gasteiger partial charge in [-0.15, -0.1) is 11.3 Å². The van der Waals surface area contributed by atoms with Crippen LogP contribution in [0.2, 0.25) is 0 Å². The van der Waals surface area contributed by atoms with Gasteiger partial charge in [-0.25, -0.2) is 4.98 Å². The highest BCUT2D eigenvalue weighted by Gasteiger charge is 2.14. The second kappa shape index (κ2) is 7.87. The highest BCUT2D eigenvalue weighted by Crippen LogP contribution is 2.25. The van der Waals surface area contributed by atoms with Gasteiger partial charge in [-0.3, -0.25) is 14.5 Å². The minimum Gasteiger partial charge on any atom is -0.300 e. The van der Waals surface area contributed by atoms with Crippen molar-refractivity contribution < 1.29 is 4.79 Å². The fraction of sp³-hybridized carbons (Fsp3) is 0.100. The number of nitrogens with zero attached hydrogens (tertiary/aromatic N) is 3. The Morgan fingerprint density at radius 3 is 2.64 bits per heavy atom. The molecule has 0 spiro atoms. The largest absolute Gasteiger partial charge is 0.300 e. The van der Waals surface area contributed by atoms with Crippen LogP contribution in [-0.4, -0.2) is 25.7 Å². The van der Waals surface area contributed by atoms with Crippen LogP contribution in [0.4, 0.5) is 5.13 Å². The van der Waals surface area contributed by atoms with Crippen LogP contribution >= 0.6 is 23.6 Å². The zero-order chi connectivity index (χ0) is 19.5. The van der Waals surface area contributed by atoms with E-state index < -0.39 is 0 Å². The van der Waals surface area contributed by atoms with E-state index in [1.54, 1.807) is 4.57 Å². The van der Waals surface area contributed by atoms with Gasteiger partial charge in [-0.1, -0.05) is 60.2 Å². The van der Waals surface area contributed by atoms with E-state index >= 15 is 0 Å². The number of aryl methyl sites for hydroxylation is 1. The van der Waals surface area contributed by atoms with E-state index in [0.717, 1.165) is 22.4 Å². The SMILES string of the molecule is Cc1ccc(-c2n[nH]c(=S)n2CC(=O)Nc2nc(-c3ccccc3)cs2)cc1. The fourth-order valence-corrected chi connectivity index (χ4v) is 3.69. The molecule has 0 aliphatic rings. The van der Waals surface area contributed by atoms with Crippen LogP contribution in [0.25, 0.3) is 22.6 Å². The van der Waals surface area contributed by atoms with Crippen LogP contribution in [0.1, 0.15) is 5.56 Å². The number of H-pyrrole nitrogens is 1. The van der Waals surface area contributed by atoms with Crippen LogP contribution in [0.5, 0.6) is 0 Å². The fourth-order valence-electron chi connectivity index (χ4n) is 2.76. The molecule has 0 saturated heterocycles. The van der Waals surface area contributed by atoms with Gasteiger partial charge in [0.1, 0.15) is 6.54 Å². The molecule has 28 heavy (non-hydrogen) atoms. The summed E-state index contributed by atoms with van der Waals surface area (Å²) in [7, 11) is 0. The molecule has 2 N–H and O–H groups in total. The molecule has 4 rings (SSSR count). The molecule has 2 heterocycles. The monoisotopic (exact) mass is 407 g/mol. The molecule has 140 valence electrons. The Balaban J connectivity index is 1.51. The number of nitrogens with one attached hydrogen (secondary N) is 2. The quantitative estimate of drug-likeness (QED) is 0.471. The summed E-state index contributed by atoms with van der Waals surface area (Å²) in [5.74, 6) is 0.420. The average Bonchev–Trinajstić information content (AvgIpc) is 3.31. The van der Waals surface area contributed by atoms with Crippen molar-refractivity contribution >= 4 is 34.6 Å². The number of carbonyl (C=O) groups excluding carboxylic acids is 1. The Bertz CT molecular complexity index is 1160. The van der Waals surface area contributed by atoms with E-state index in [1.165, 1.54) is 11.3 Å². The second-order valence-corrected chi connectivity index (χ2v) is 7.50. The summed E-state index contributed by atoms with van der Waals surface area (Å²) < 4.78 is 2.08. The number of aromatic amines is 1. The number of amides is 1. The van der Waals surface area contributed by atoms with Crippen LogP contribution in [0, 0.1) is 11.7 Å². The van der Waals surface area contributed by atoms with Gasteiger partial charge >= 0.3 is 0 Å². The number of aromatic nitrogens is 4. The van der Waals surface area contributed by atoms with Crippen molar-refractivity contribution in [1.29, 1.82) is 0 Å². The number of benzene rings is 2. The predicted octanol–water partition coefficient (Wildman–Crippen LogP) is 4.68. The normalized spacial score (nSPS) is 10.8. The van der Waals surface area contributed by atoms with Gasteiger partial charge in [0.05, 0.1) is 5.69 Å². The number of carbonyl (C=O) groups is 1. The lowest BCUT2D eigenvalue weighted by Crippen LogP contribution is -2.19. The minimum absolute atomic E-state index is 0.0544. The summed E-state index contributed by atoms with van der Waals surface area (Å²) in [6, 6.07) is 17.8. The van der Waals surface area contributed by atoms with Crippen molar-refractivity contribution in [2.75, 3.05) is 5.32 Å². The first-order valence-corrected chi connectivity index (χ1v) is 9.92. The number of anilines is 1. The number of rotatable bonds is 5. The van der Waals surface area contributed by atoms with Gasteiger partial charge in [-0.05, 0) is 19.1 Å². The van der Waals surface area contributed by atoms with E-state index in [9.17, 15) is 4.79 Å². The molecular formula is C20H17N5OS2. The lowest BCUT2D eigenvalue weighted by molar-refractivity contribution is -0.116. The third-order valence-electron chi connectivity index (χ3n) is 4.19. The summed E-state index contributed by atoms with van der Waals surface area (Å²) in [6.07, 6.45) is 0. The maximum atomic E-state index is 12.6. The predicted molar refractivity (Wildman–Crippen MR) is 114 cm³/mol. The van der Waals surface area contributed by atoms with Gasteiger partial charge in [0.15, 0.2) is 15.7 Å². The minimum atomic E-state index is -0.208. The van der Waals surface area contributed by atoms with E-state index in [4.69, 9.17) is 12.2 Å². The summed E-state index contributed by atoms with van der Waals surface area (Å²) >= 11 is 6.69. The molecule has 8 heteroatoms.